The Morgan fingerprint density at radius 2 is 2.05 bits per heavy atom. The molecule has 0 radical (unpaired) electrons. The standard InChI is InChI=1S/C11H14F2N2O4S/c1-2-19-10(16)3-4-20(17,18)15-11-8(13)5-7(12)6-9(11)14/h5-6,15H,2-4,14H2,1H3. The van der Waals surface area contributed by atoms with Crippen molar-refractivity contribution < 1.29 is 26.7 Å². The van der Waals surface area contributed by atoms with Crippen LogP contribution in [0.3, 0.4) is 0 Å². The maximum atomic E-state index is 13.4. The van der Waals surface area contributed by atoms with Crippen molar-refractivity contribution in [3.8, 4) is 0 Å². The second-order valence-corrected chi connectivity index (χ2v) is 5.67. The minimum absolute atomic E-state index is 0.131. The fourth-order valence-corrected chi connectivity index (χ4v) is 2.42. The third-order valence-corrected chi connectivity index (χ3v) is 3.48. The highest BCUT2D eigenvalue weighted by atomic mass is 32.2. The van der Waals surface area contributed by atoms with Crippen molar-refractivity contribution in [3.05, 3.63) is 23.8 Å². The molecule has 1 aromatic rings. The van der Waals surface area contributed by atoms with Gasteiger partial charge in [-0.3, -0.25) is 9.52 Å². The monoisotopic (exact) mass is 308 g/mol. The summed E-state index contributed by atoms with van der Waals surface area (Å²) in [6.45, 7) is 1.71. The van der Waals surface area contributed by atoms with Crippen LogP contribution in [0.1, 0.15) is 13.3 Å². The number of anilines is 2. The van der Waals surface area contributed by atoms with Crippen LogP contribution >= 0.6 is 0 Å². The Hall–Kier alpha value is -1.90. The smallest absolute Gasteiger partial charge is 0.306 e. The average Bonchev–Trinajstić information content (AvgIpc) is 2.32. The van der Waals surface area contributed by atoms with Crippen LogP contribution < -0.4 is 10.5 Å². The number of benzene rings is 1. The summed E-state index contributed by atoms with van der Waals surface area (Å²) in [4.78, 5) is 11.1. The number of hydrogen-bond donors (Lipinski definition) is 2. The highest BCUT2D eigenvalue weighted by Gasteiger charge is 2.18. The van der Waals surface area contributed by atoms with Gasteiger partial charge in [-0.2, -0.15) is 0 Å². The first-order chi connectivity index (χ1) is 9.25. The Morgan fingerprint density at radius 3 is 2.60 bits per heavy atom. The quantitative estimate of drug-likeness (QED) is 0.608. The van der Waals surface area contributed by atoms with Crippen molar-refractivity contribution in [2.75, 3.05) is 22.8 Å². The predicted octanol–water partition coefficient (Wildman–Crippen LogP) is 1.24. The van der Waals surface area contributed by atoms with E-state index in [9.17, 15) is 22.0 Å². The number of hydrogen-bond acceptors (Lipinski definition) is 5. The number of halogens is 2. The minimum Gasteiger partial charge on any atom is -0.466 e. The summed E-state index contributed by atoms with van der Waals surface area (Å²) in [7, 11) is -4.00. The van der Waals surface area contributed by atoms with E-state index in [0.29, 0.717) is 6.07 Å². The van der Waals surface area contributed by atoms with Gasteiger partial charge in [-0.25, -0.2) is 17.2 Å². The highest BCUT2D eigenvalue weighted by Crippen LogP contribution is 2.25. The van der Waals surface area contributed by atoms with Crippen LogP contribution in [0.5, 0.6) is 0 Å². The molecule has 0 spiro atoms. The number of nitrogen functional groups attached to an aromatic ring is 1. The van der Waals surface area contributed by atoms with Gasteiger partial charge in [-0.15, -0.1) is 0 Å². The van der Waals surface area contributed by atoms with E-state index >= 15 is 0 Å². The number of rotatable bonds is 6. The van der Waals surface area contributed by atoms with Crippen LogP contribution in [-0.4, -0.2) is 26.7 Å². The van der Waals surface area contributed by atoms with Crippen molar-refractivity contribution >= 4 is 27.4 Å². The number of sulfonamides is 1. The summed E-state index contributed by atoms with van der Waals surface area (Å²) < 4.78 is 56.0. The minimum atomic E-state index is -4.00. The Kier molecular flexibility index (Phi) is 5.26. The lowest BCUT2D eigenvalue weighted by atomic mass is 10.2. The third-order valence-electron chi connectivity index (χ3n) is 2.22. The molecule has 0 aromatic heterocycles. The normalized spacial score (nSPS) is 11.2. The van der Waals surface area contributed by atoms with Gasteiger partial charge in [0.15, 0.2) is 5.82 Å². The molecule has 0 unspecified atom stereocenters. The molecule has 0 aliphatic rings. The van der Waals surface area contributed by atoms with Crippen LogP contribution in [0.25, 0.3) is 0 Å². The summed E-state index contributed by atoms with van der Waals surface area (Å²) in [6, 6.07) is 1.28. The largest absolute Gasteiger partial charge is 0.466 e. The topological polar surface area (TPSA) is 98.5 Å². The van der Waals surface area contributed by atoms with E-state index in [-0.39, 0.29) is 18.7 Å². The molecule has 0 aliphatic heterocycles. The Balaban J connectivity index is 2.79. The lowest BCUT2D eigenvalue weighted by molar-refractivity contribution is -0.142. The molecule has 0 aliphatic carbocycles. The van der Waals surface area contributed by atoms with Crippen molar-refractivity contribution in [1.29, 1.82) is 0 Å². The van der Waals surface area contributed by atoms with Gasteiger partial charge in [-0.05, 0) is 13.0 Å². The summed E-state index contributed by atoms with van der Waals surface area (Å²) in [5, 5.41) is 0. The predicted molar refractivity (Wildman–Crippen MR) is 69.4 cm³/mol. The molecule has 6 nitrogen and oxygen atoms in total. The number of carbonyl (C=O) groups is 1. The second kappa shape index (κ2) is 6.51. The fourth-order valence-electron chi connectivity index (χ4n) is 1.36. The van der Waals surface area contributed by atoms with Crippen molar-refractivity contribution in [3.63, 3.8) is 0 Å². The second-order valence-electron chi connectivity index (χ2n) is 3.83. The molecule has 20 heavy (non-hydrogen) atoms. The molecule has 0 amide bonds. The van der Waals surface area contributed by atoms with Gasteiger partial charge in [0.1, 0.15) is 11.5 Å². The molecule has 3 N–H and O–H groups in total. The molecule has 0 bridgehead atoms. The zero-order valence-corrected chi connectivity index (χ0v) is 11.5. The lowest BCUT2D eigenvalue weighted by Crippen LogP contribution is -2.21. The van der Waals surface area contributed by atoms with Crippen LogP contribution in [0.4, 0.5) is 20.2 Å². The molecule has 9 heteroatoms. The Morgan fingerprint density at radius 1 is 1.40 bits per heavy atom. The summed E-state index contributed by atoms with van der Waals surface area (Å²) in [5.74, 6) is -3.34. The molecule has 1 rings (SSSR count). The third kappa shape index (κ3) is 4.65. The first-order valence-electron chi connectivity index (χ1n) is 5.66. The van der Waals surface area contributed by atoms with Crippen LogP contribution in [0, 0.1) is 11.6 Å². The van der Waals surface area contributed by atoms with Gasteiger partial charge in [-0.1, -0.05) is 0 Å². The van der Waals surface area contributed by atoms with Gasteiger partial charge in [0.2, 0.25) is 10.0 Å². The zero-order valence-electron chi connectivity index (χ0n) is 10.7. The number of ether oxygens (including phenoxy) is 1. The summed E-state index contributed by atoms with van der Waals surface area (Å²) >= 11 is 0. The van der Waals surface area contributed by atoms with Crippen molar-refractivity contribution in [2.45, 2.75) is 13.3 Å². The van der Waals surface area contributed by atoms with E-state index in [4.69, 9.17) is 5.73 Å². The molecule has 0 saturated carbocycles. The van der Waals surface area contributed by atoms with Crippen LogP contribution in [0.2, 0.25) is 0 Å². The molecule has 1 aromatic carbocycles. The maximum Gasteiger partial charge on any atom is 0.306 e. The van der Waals surface area contributed by atoms with E-state index in [1.165, 1.54) is 0 Å². The molecular formula is C11H14F2N2O4S. The number of esters is 1. The molecule has 0 atom stereocenters. The first kappa shape index (κ1) is 16.2. The molecule has 112 valence electrons. The van der Waals surface area contributed by atoms with E-state index < -0.39 is 39.1 Å². The molecular weight excluding hydrogens is 294 g/mol. The van der Waals surface area contributed by atoms with Gasteiger partial charge < -0.3 is 10.5 Å². The molecule has 0 fully saturated rings. The van der Waals surface area contributed by atoms with E-state index in [0.717, 1.165) is 6.07 Å². The number of nitrogens with two attached hydrogens (primary N) is 1. The Bertz CT molecular complexity index is 581. The Labute approximate surface area is 115 Å². The van der Waals surface area contributed by atoms with Gasteiger partial charge in [0, 0.05) is 6.07 Å². The molecule has 0 heterocycles. The van der Waals surface area contributed by atoms with E-state index in [1.54, 1.807) is 6.92 Å². The van der Waals surface area contributed by atoms with Crippen molar-refractivity contribution in [2.24, 2.45) is 0 Å². The summed E-state index contributed by atoms with van der Waals surface area (Å²) in [6.07, 6.45) is -0.383. The zero-order chi connectivity index (χ0) is 15.3. The van der Waals surface area contributed by atoms with E-state index in [1.807, 2.05) is 4.72 Å². The lowest BCUT2D eigenvalue weighted by Gasteiger charge is -2.11. The van der Waals surface area contributed by atoms with Gasteiger partial charge in [0.25, 0.3) is 0 Å². The van der Waals surface area contributed by atoms with Crippen LogP contribution in [0.15, 0.2) is 12.1 Å². The fraction of sp³-hybridized carbons (Fsp3) is 0.364. The highest BCUT2D eigenvalue weighted by molar-refractivity contribution is 7.92. The average molecular weight is 308 g/mol. The van der Waals surface area contributed by atoms with Crippen LogP contribution in [-0.2, 0) is 19.6 Å². The maximum absolute atomic E-state index is 13.4. The number of nitrogens with one attached hydrogen (secondary N) is 1. The first-order valence-corrected chi connectivity index (χ1v) is 7.31. The van der Waals surface area contributed by atoms with E-state index in [2.05, 4.69) is 4.74 Å². The SMILES string of the molecule is CCOC(=O)CCS(=O)(=O)Nc1c(N)cc(F)cc1F. The number of carbonyl (C=O) groups excluding carboxylic acids is 1. The molecule has 0 saturated heterocycles. The van der Waals surface area contributed by atoms with Crippen molar-refractivity contribution in [1.82, 2.24) is 0 Å². The summed E-state index contributed by atoms with van der Waals surface area (Å²) in [5.41, 5.74) is 4.40. The van der Waals surface area contributed by atoms with Gasteiger partial charge >= 0.3 is 5.97 Å². The van der Waals surface area contributed by atoms with Gasteiger partial charge in [0.05, 0.1) is 24.5 Å².